The van der Waals surface area contributed by atoms with Crippen LogP contribution in [0.5, 0.6) is 0 Å². The Morgan fingerprint density at radius 2 is 2.06 bits per heavy atom. The summed E-state index contributed by atoms with van der Waals surface area (Å²) in [6.07, 6.45) is 7.30. The summed E-state index contributed by atoms with van der Waals surface area (Å²) in [6.45, 7) is 0. The van der Waals surface area contributed by atoms with Crippen LogP contribution < -0.4 is 5.73 Å². The molecule has 1 atom stereocenters. The van der Waals surface area contributed by atoms with Gasteiger partial charge in [0.05, 0.1) is 0 Å². The molecule has 2 heteroatoms. The van der Waals surface area contributed by atoms with Crippen LogP contribution in [-0.4, -0.2) is 6.04 Å². The van der Waals surface area contributed by atoms with Crippen LogP contribution in [0.3, 0.4) is 0 Å². The van der Waals surface area contributed by atoms with Gasteiger partial charge in [-0.3, -0.25) is 0 Å². The van der Waals surface area contributed by atoms with Gasteiger partial charge >= 0.3 is 0 Å². The predicted octanol–water partition coefficient (Wildman–Crippen LogP) is 3.20. The Balaban J connectivity index is 2.11. The molecule has 0 saturated heterocycles. The van der Waals surface area contributed by atoms with Gasteiger partial charge in [-0.2, -0.15) is 0 Å². The Morgan fingerprint density at radius 1 is 1.25 bits per heavy atom. The second-order valence-electron chi connectivity index (χ2n) is 4.50. The van der Waals surface area contributed by atoms with Crippen LogP contribution in [0.1, 0.15) is 31.2 Å². The number of benzene rings is 1. The summed E-state index contributed by atoms with van der Waals surface area (Å²) >= 11 is 0. The lowest BCUT2D eigenvalue weighted by molar-refractivity contribution is 0.611. The molecule has 0 bridgehead atoms. The maximum Gasteiger partial charge on any atom is 0.126 e. The van der Waals surface area contributed by atoms with Gasteiger partial charge in [-0.15, -0.1) is 0 Å². The molecular formula is C14H18FN. The molecule has 2 N–H and O–H groups in total. The van der Waals surface area contributed by atoms with E-state index in [9.17, 15) is 4.39 Å². The summed E-state index contributed by atoms with van der Waals surface area (Å²) in [7, 11) is 0. The third-order valence-corrected chi connectivity index (χ3v) is 3.11. The van der Waals surface area contributed by atoms with Crippen molar-refractivity contribution in [2.24, 2.45) is 5.73 Å². The predicted molar refractivity (Wildman–Crippen MR) is 64.6 cm³/mol. The van der Waals surface area contributed by atoms with E-state index in [2.05, 4.69) is 6.08 Å². The number of allylic oxidation sites excluding steroid dienone is 1. The quantitative estimate of drug-likeness (QED) is 0.759. The van der Waals surface area contributed by atoms with E-state index >= 15 is 0 Å². The first-order chi connectivity index (χ1) is 7.75. The number of halogens is 1. The van der Waals surface area contributed by atoms with Crippen molar-refractivity contribution in [3.05, 3.63) is 47.3 Å². The Hall–Kier alpha value is -1.15. The van der Waals surface area contributed by atoms with Crippen LogP contribution in [0.2, 0.25) is 0 Å². The smallest absolute Gasteiger partial charge is 0.126 e. The van der Waals surface area contributed by atoms with Gasteiger partial charge in [0, 0.05) is 6.04 Å². The second-order valence-corrected chi connectivity index (χ2v) is 4.50. The summed E-state index contributed by atoms with van der Waals surface area (Å²) < 4.78 is 13.5. The zero-order valence-corrected chi connectivity index (χ0v) is 9.45. The van der Waals surface area contributed by atoms with Gasteiger partial charge in [0.25, 0.3) is 0 Å². The van der Waals surface area contributed by atoms with Gasteiger partial charge in [0.15, 0.2) is 0 Å². The van der Waals surface area contributed by atoms with Gasteiger partial charge in [-0.1, -0.05) is 36.3 Å². The zero-order chi connectivity index (χ0) is 11.4. The van der Waals surface area contributed by atoms with E-state index in [1.54, 1.807) is 6.07 Å². The average molecular weight is 219 g/mol. The van der Waals surface area contributed by atoms with E-state index in [0.29, 0.717) is 6.42 Å². The normalized spacial score (nSPS) is 21.4. The van der Waals surface area contributed by atoms with Crippen molar-refractivity contribution >= 4 is 0 Å². The molecule has 0 amide bonds. The van der Waals surface area contributed by atoms with E-state index < -0.39 is 0 Å². The molecule has 1 aliphatic rings. The Labute approximate surface area is 96.2 Å². The highest BCUT2D eigenvalue weighted by Gasteiger charge is 2.10. The minimum absolute atomic E-state index is 0.110. The van der Waals surface area contributed by atoms with Crippen LogP contribution in [0.15, 0.2) is 35.9 Å². The lowest BCUT2D eigenvalue weighted by Gasteiger charge is -2.07. The first-order valence-corrected chi connectivity index (χ1v) is 5.94. The summed E-state index contributed by atoms with van der Waals surface area (Å²) in [4.78, 5) is 0. The number of rotatable bonds is 2. The molecule has 1 aliphatic carbocycles. The van der Waals surface area contributed by atoms with Crippen molar-refractivity contribution in [3.8, 4) is 0 Å². The first kappa shape index (κ1) is 11.3. The van der Waals surface area contributed by atoms with E-state index in [-0.39, 0.29) is 11.9 Å². The van der Waals surface area contributed by atoms with Gasteiger partial charge < -0.3 is 5.73 Å². The van der Waals surface area contributed by atoms with Crippen molar-refractivity contribution in [2.45, 2.75) is 38.1 Å². The third-order valence-electron chi connectivity index (χ3n) is 3.11. The van der Waals surface area contributed by atoms with E-state index in [1.807, 2.05) is 12.1 Å². The third kappa shape index (κ3) is 2.92. The van der Waals surface area contributed by atoms with Crippen LogP contribution in [0, 0.1) is 5.82 Å². The number of hydrogen-bond donors (Lipinski definition) is 1. The van der Waals surface area contributed by atoms with Gasteiger partial charge in [0.2, 0.25) is 0 Å². The highest BCUT2D eigenvalue weighted by molar-refractivity contribution is 5.24. The molecule has 0 spiro atoms. The minimum atomic E-state index is -0.110. The fourth-order valence-corrected chi connectivity index (χ4v) is 2.24. The Kier molecular flexibility index (Phi) is 3.73. The molecule has 1 unspecified atom stereocenters. The van der Waals surface area contributed by atoms with Gasteiger partial charge in [0.1, 0.15) is 5.82 Å². The summed E-state index contributed by atoms with van der Waals surface area (Å²) in [5.74, 6) is -0.110. The molecule has 86 valence electrons. The monoisotopic (exact) mass is 219 g/mol. The second kappa shape index (κ2) is 5.26. The van der Waals surface area contributed by atoms with Gasteiger partial charge in [-0.25, -0.2) is 4.39 Å². The maximum absolute atomic E-state index is 13.5. The molecule has 0 aromatic heterocycles. The fourth-order valence-electron chi connectivity index (χ4n) is 2.24. The molecule has 0 radical (unpaired) electrons. The van der Waals surface area contributed by atoms with Crippen molar-refractivity contribution in [3.63, 3.8) is 0 Å². The summed E-state index contributed by atoms with van der Waals surface area (Å²) in [5, 5.41) is 0. The molecule has 0 heterocycles. The van der Waals surface area contributed by atoms with Crippen LogP contribution in [-0.2, 0) is 6.42 Å². The van der Waals surface area contributed by atoms with Crippen molar-refractivity contribution in [1.29, 1.82) is 0 Å². The highest BCUT2D eigenvalue weighted by atomic mass is 19.1. The topological polar surface area (TPSA) is 26.0 Å². The molecule has 1 nitrogen and oxygen atoms in total. The van der Waals surface area contributed by atoms with Crippen molar-refractivity contribution in [2.75, 3.05) is 0 Å². The van der Waals surface area contributed by atoms with Crippen LogP contribution in [0.25, 0.3) is 0 Å². The average Bonchev–Trinajstić information content (AvgIpc) is 2.46. The maximum atomic E-state index is 13.5. The Morgan fingerprint density at radius 3 is 2.88 bits per heavy atom. The van der Waals surface area contributed by atoms with Crippen molar-refractivity contribution in [1.82, 2.24) is 0 Å². The van der Waals surface area contributed by atoms with Crippen molar-refractivity contribution < 1.29 is 4.39 Å². The summed E-state index contributed by atoms with van der Waals surface area (Å²) in [6, 6.07) is 7.14. The zero-order valence-electron chi connectivity index (χ0n) is 9.45. The molecule has 16 heavy (non-hydrogen) atoms. The minimum Gasteiger partial charge on any atom is -0.324 e. The standard InChI is InChI=1S/C14H18FN/c15-14-8-4-2-6-12(14)9-11-5-1-3-7-13(16)10-11/h2,4,6,8,10,13H,1,3,5,7,9,16H2. The molecule has 0 fully saturated rings. The molecule has 1 aromatic carbocycles. The molecule has 1 aromatic rings. The number of nitrogens with two attached hydrogens (primary N) is 1. The molecular weight excluding hydrogens is 201 g/mol. The van der Waals surface area contributed by atoms with Crippen LogP contribution >= 0.6 is 0 Å². The fraction of sp³-hybridized carbons (Fsp3) is 0.429. The van der Waals surface area contributed by atoms with E-state index in [4.69, 9.17) is 5.73 Å². The lowest BCUT2D eigenvalue weighted by Crippen LogP contribution is -2.16. The largest absolute Gasteiger partial charge is 0.324 e. The van der Waals surface area contributed by atoms with Gasteiger partial charge in [-0.05, 0) is 37.3 Å². The molecule has 0 aliphatic heterocycles. The van der Waals surface area contributed by atoms with E-state index in [0.717, 1.165) is 18.4 Å². The highest BCUT2D eigenvalue weighted by Crippen LogP contribution is 2.21. The number of hydrogen-bond acceptors (Lipinski definition) is 1. The summed E-state index contributed by atoms with van der Waals surface area (Å²) in [5.41, 5.74) is 8.01. The Bertz CT molecular complexity index is 384. The molecule has 0 saturated carbocycles. The SMILES string of the molecule is NC1C=C(Cc2ccccc2F)CCCC1. The first-order valence-electron chi connectivity index (χ1n) is 5.94. The molecule has 2 rings (SSSR count). The lowest BCUT2D eigenvalue weighted by atomic mass is 10.0. The van der Waals surface area contributed by atoms with E-state index in [1.165, 1.54) is 24.5 Å². The van der Waals surface area contributed by atoms with Crippen LogP contribution in [0.4, 0.5) is 4.39 Å².